The predicted molar refractivity (Wildman–Crippen MR) is 83.7 cm³/mol. The first-order valence-electron chi connectivity index (χ1n) is 7.62. The summed E-state index contributed by atoms with van der Waals surface area (Å²) >= 11 is 0. The highest BCUT2D eigenvalue weighted by Gasteiger charge is 2.35. The molecular weight excluding hydrogens is 286 g/mol. The highest BCUT2D eigenvalue weighted by atomic mass is 32.2. The molecule has 5 nitrogen and oxygen atoms in total. The van der Waals surface area contributed by atoms with Gasteiger partial charge in [0.2, 0.25) is 0 Å². The number of nitrogens with zero attached hydrogens (tertiary/aromatic N) is 3. The van der Waals surface area contributed by atoms with E-state index in [1.54, 1.807) is 4.68 Å². The Morgan fingerprint density at radius 2 is 1.86 bits per heavy atom. The van der Waals surface area contributed by atoms with Crippen molar-refractivity contribution in [3.05, 3.63) is 12.2 Å². The Morgan fingerprint density at radius 1 is 1.29 bits per heavy atom. The van der Waals surface area contributed by atoms with Crippen molar-refractivity contribution in [1.82, 2.24) is 14.8 Å². The van der Waals surface area contributed by atoms with Gasteiger partial charge in [-0.05, 0) is 51.9 Å². The number of hydrogen-bond donors (Lipinski definition) is 0. The third-order valence-corrected chi connectivity index (χ3v) is 6.53. The van der Waals surface area contributed by atoms with Gasteiger partial charge >= 0.3 is 0 Å². The van der Waals surface area contributed by atoms with E-state index in [0.717, 1.165) is 25.7 Å². The van der Waals surface area contributed by atoms with Crippen LogP contribution in [0, 0.1) is 5.41 Å². The van der Waals surface area contributed by atoms with Crippen LogP contribution in [0.4, 0.5) is 0 Å². The monoisotopic (exact) mass is 313 g/mol. The van der Waals surface area contributed by atoms with E-state index in [1.165, 1.54) is 6.33 Å². The summed E-state index contributed by atoms with van der Waals surface area (Å²) in [6.45, 7) is 10.4. The molecule has 0 atom stereocenters. The zero-order valence-electron chi connectivity index (χ0n) is 13.8. The van der Waals surface area contributed by atoms with Crippen LogP contribution in [0.25, 0.3) is 0 Å². The van der Waals surface area contributed by atoms with Gasteiger partial charge in [0, 0.05) is 0 Å². The van der Waals surface area contributed by atoms with Crippen LogP contribution >= 0.6 is 0 Å². The van der Waals surface area contributed by atoms with Gasteiger partial charge < -0.3 is 0 Å². The van der Waals surface area contributed by atoms with Crippen molar-refractivity contribution in [2.24, 2.45) is 5.41 Å². The summed E-state index contributed by atoms with van der Waals surface area (Å²) in [5, 5.41) is 3.95. The molecular formula is C15H27N3O2S. The van der Waals surface area contributed by atoms with Crippen LogP contribution in [0.1, 0.15) is 66.1 Å². The van der Waals surface area contributed by atoms with Crippen molar-refractivity contribution >= 4 is 9.84 Å². The Bertz CT molecular complexity index is 587. The molecule has 1 aliphatic rings. The highest BCUT2D eigenvalue weighted by Crippen LogP contribution is 2.38. The Balaban J connectivity index is 2.14. The summed E-state index contributed by atoms with van der Waals surface area (Å²) < 4.78 is 27.0. The third kappa shape index (κ3) is 3.84. The summed E-state index contributed by atoms with van der Waals surface area (Å²) in [7, 11) is -3.16. The van der Waals surface area contributed by atoms with Gasteiger partial charge in [0.05, 0.1) is 10.8 Å². The Hall–Kier alpha value is -0.910. The number of hydrogen-bond acceptors (Lipinski definition) is 4. The fraction of sp³-hybridized carbons (Fsp3) is 0.867. The summed E-state index contributed by atoms with van der Waals surface area (Å²) in [5.41, 5.74) is 0.0212. The minimum absolute atomic E-state index is 0.00460. The maximum atomic E-state index is 12.7. The second-order valence-electron chi connectivity index (χ2n) is 7.93. The van der Waals surface area contributed by atoms with Crippen molar-refractivity contribution in [2.75, 3.05) is 0 Å². The zero-order chi connectivity index (χ0) is 15.9. The van der Waals surface area contributed by atoms with Gasteiger partial charge in [-0.25, -0.2) is 18.1 Å². The predicted octanol–water partition coefficient (Wildman–Crippen LogP) is 2.92. The molecule has 0 bridgehead atoms. The van der Waals surface area contributed by atoms with Crippen molar-refractivity contribution in [2.45, 2.75) is 76.8 Å². The molecule has 2 rings (SSSR count). The smallest absolute Gasteiger partial charge is 0.160 e. The first kappa shape index (κ1) is 16.5. The second kappa shape index (κ2) is 5.38. The lowest BCUT2D eigenvalue weighted by molar-refractivity contribution is 0.245. The maximum Gasteiger partial charge on any atom is 0.160 e. The van der Waals surface area contributed by atoms with Gasteiger partial charge in [0.15, 0.2) is 9.84 Å². The standard InChI is InChI=1S/C15H27N3O2S/c1-14(2,3)18-13(16-11-17-18)10-21(19,20)12-6-8-15(4,5)9-7-12/h11-12H,6-10H2,1-5H3. The molecule has 6 heteroatoms. The molecule has 0 unspecified atom stereocenters. The minimum atomic E-state index is -3.16. The molecule has 120 valence electrons. The molecule has 1 saturated carbocycles. The number of sulfone groups is 1. The molecule has 0 radical (unpaired) electrons. The second-order valence-corrected chi connectivity index (χ2v) is 10.2. The van der Waals surface area contributed by atoms with Crippen molar-refractivity contribution in [3.63, 3.8) is 0 Å². The lowest BCUT2D eigenvalue weighted by Gasteiger charge is -2.34. The largest absolute Gasteiger partial charge is 0.244 e. The Kier molecular flexibility index (Phi) is 4.21. The molecule has 21 heavy (non-hydrogen) atoms. The first-order valence-corrected chi connectivity index (χ1v) is 9.34. The molecule has 1 aliphatic carbocycles. The molecule has 1 heterocycles. The van der Waals surface area contributed by atoms with Gasteiger partial charge in [-0.2, -0.15) is 5.10 Å². The Labute approximate surface area is 128 Å². The average Bonchev–Trinajstić information content (AvgIpc) is 2.75. The number of rotatable bonds is 3. The SMILES string of the molecule is CC1(C)CCC(S(=O)(=O)Cc2ncnn2C(C)(C)C)CC1. The highest BCUT2D eigenvalue weighted by molar-refractivity contribution is 7.91. The molecule has 1 aromatic heterocycles. The molecule has 0 N–H and O–H groups in total. The molecule has 0 amide bonds. The molecule has 0 aromatic carbocycles. The molecule has 0 saturated heterocycles. The van der Waals surface area contributed by atoms with E-state index >= 15 is 0 Å². The Morgan fingerprint density at radius 3 is 2.38 bits per heavy atom. The lowest BCUT2D eigenvalue weighted by atomic mass is 9.77. The van der Waals surface area contributed by atoms with E-state index in [0.29, 0.717) is 5.82 Å². The molecule has 0 spiro atoms. The first-order chi connectivity index (χ1) is 9.51. The average molecular weight is 313 g/mol. The van der Waals surface area contributed by atoms with Crippen LogP contribution in [-0.4, -0.2) is 28.4 Å². The van der Waals surface area contributed by atoms with Gasteiger partial charge in [-0.15, -0.1) is 0 Å². The van der Waals surface area contributed by atoms with Gasteiger partial charge in [-0.3, -0.25) is 0 Å². The normalized spacial score (nSPS) is 20.6. The van der Waals surface area contributed by atoms with Gasteiger partial charge in [0.25, 0.3) is 0 Å². The van der Waals surface area contributed by atoms with Gasteiger partial charge in [0.1, 0.15) is 17.9 Å². The van der Waals surface area contributed by atoms with Crippen molar-refractivity contribution in [3.8, 4) is 0 Å². The van der Waals surface area contributed by atoms with Crippen LogP contribution in [0.5, 0.6) is 0 Å². The van der Waals surface area contributed by atoms with Gasteiger partial charge in [-0.1, -0.05) is 13.8 Å². The van der Waals surface area contributed by atoms with Crippen LogP contribution in [0.2, 0.25) is 0 Å². The van der Waals surface area contributed by atoms with Crippen molar-refractivity contribution < 1.29 is 8.42 Å². The van der Waals surface area contributed by atoms with E-state index < -0.39 is 9.84 Å². The quantitative estimate of drug-likeness (QED) is 0.860. The molecule has 1 fully saturated rings. The topological polar surface area (TPSA) is 64.8 Å². The van der Waals surface area contributed by atoms with E-state index in [2.05, 4.69) is 23.9 Å². The van der Waals surface area contributed by atoms with E-state index in [1.807, 2.05) is 20.8 Å². The fourth-order valence-electron chi connectivity index (χ4n) is 2.95. The summed E-state index contributed by atoms with van der Waals surface area (Å²) in [6, 6.07) is 0. The van der Waals surface area contributed by atoms with E-state index in [-0.39, 0.29) is 22.0 Å². The summed E-state index contributed by atoms with van der Waals surface area (Å²) in [5.74, 6) is 0.544. The van der Waals surface area contributed by atoms with Crippen LogP contribution in [-0.2, 0) is 21.1 Å². The minimum Gasteiger partial charge on any atom is -0.244 e. The van der Waals surface area contributed by atoms with E-state index in [9.17, 15) is 8.42 Å². The summed E-state index contributed by atoms with van der Waals surface area (Å²) in [6.07, 6.45) is 4.92. The fourth-order valence-corrected chi connectivity index (χ4v) is 4.70. The third-order valence-electron chi connectivity index (χ3n) is 4.38. The lowest BCUT2D eigenvalue weighted by Crippen LogP contribution is -2.33. The zero-order valence-corrected chi connectivity index (χ0v) is 14.6. The van der Waals surface area contributed by atoms with Crippen molar-refractivity contribution in [1.29, 1.82) is 0 Å². The summed E-state index contributed by atoms with van der Waals surface area (Å²) in [4.78, 5) is 4.16. The maximum absolute atomic E-state index is 12.7. The number of aromatic nitrogens is 3. The van der Waals surface area contributed by atoms with E-state index in [4.69, 9.17) is 0 Å². The molecule has 1 aromatic rings. The van der Waals surface area contributed by atoms with Crippen LogP contribution < -0.4 is 0 Å². The molecule has 0 aliphatic heterocycles. The van der Waals surface area contributed by atoms with Crippen LogP contribution in [0.3, 0.4) is 0 Å². The van der Waals surface area contributed by atoms with Crippen LogP contribution in [0.15, 0.2) is 6.33 Å².